The van der Waals surface area contributed by atoms with E-state index in [1.807, 2.05) is 49.4 Å². The van der Waals surface area contributed by atoms with Crippen LogP contribution in [0.1, 0.15) is 27.9 Å². The van der Waals surface area contributed by atoms with Gasteiger partial charge in [0.25, 0.3) is 0 Å². The lowest BCUT2D eigenvalue weighted by Crippen LogP contribution is -2.38. The van der Waals surface area contributed by atoms with Crippen LogP contribution in [0.3, 0.4) is 0 Å². The van der Waals surface area contributed by atoms with Gasteiger partial charge in [0, 0.05) is 18.5 Å². The largest absolute Gasteiger partial charge is 0.311 e. The van der Waals surface area contributed by atoms with E-state index in [2.05, 4.69) is 0 Å². The fraction of sp³-hybridized carbons (Fsp3) is 0.222. The summed E-state index contributed by atoms with van der Waals surface area (Å²) in [5.74, 6) is 0.156. The van der Waals surface area contributed by atoms with Crippen molar-refractivity contribution in [1.29, 1.82) is 0 Å². The summed E-state index contributed by atoms with van der Waals surface area (Å²) in [6, 6.07) is 15.3. The molecule has 0 saturated carbocycles. The summed E-state index contributed by atoms with van der Waals surface area (Å²) in [5, 5.41) is 0. The maximum absolute atomic E-state index is 12.5. The van der Waals surface area contributed by atoms with E-state index in [9.17, 15) is 9.59 Å². The van der Waals surface area contributed by atoms with Crippen molar-refractivity contribution in [2.75, 3.05) is 11.4 Å². The number of para-hydroxylation sites is 1. The fourth-order valence-corrected chi connectivity index (χ4v) is 2.65. The van der Waals surface area contributed by atoms with E-state index in [0.29, 0.717) is 24.9 Å². The van der Waals surface area contributed by atoms with Gasteiger partial charge in [0.15, 0.2) is 5.78 Å². The van der Waals surface area contributed by atoms with Crippen LogP contribution in [0.4, 0.5) is 5.69 Å². The van der Waals surface area contributed by atoms with Gasteiger partial charge in [-0.3, -0.25) is 9.59 Å². The van der Waals surface area contributed by atoms with Gasteiger partial charge in [-0.05, 0) is 24.6 Å². The van der Waals surface area contributed by atoms with Crippen LogP contribution in [-0.4, -0.2) is 18.2 Å². The first kappa shape index (κ1) is 13.6. The van der Waals surface area contributed by atoms with Crippen LogP contribution in [0.2, 0.25) is 0 Å². The average molecular weight is 279 g/mol. The van der Waals surface area contributed by atoms with Crippen molar-refractivity contribution in [2.24, 2.45) is 0 Å². The highest BCUT2D eigenvalue weighted by atomic mass is 16.2. The summed E-state index contributed by atoms with van der Waals surface area (Å²) in [7, 11) is 0. The Bertz CT molecular complexity index is 689. The normalized spacial score (nSPS) is 14.0. The van der Waals surface area contributed by atoms with Gasteiger partial charge in [0.1, 0.15) is 0 Å². The molecule has 3 nitrogen and oxygen atoms in total. The van der Waals surface area contributed by atoms with E-state index in [1.165, 1.54) is 5.56 Å². The molecule has 2 aromatic carbocycles. The zero-order chi connectivity index (χ0) is 14.8. The SMILES string of the molecule is Cc1ccc(CC(=O)N2CCC(=O)c3ccccc32)cc1. The summed E-state index contributed by atoms with van der Waals surface area (Å²) < 4.78 is 0. The number of benzene rings is 2. The lowest BCUT2D eigenvalue weighted by atomic mass is 9.99. The van der Waals surface area contributed by atoms with Crippen molar-refractivity contribution in [3.63, 3.8) is 0 Å². The smallest absolute Gasteiger partial charge is 0.231 e. The number of carbonyl (C=O) groups excluding carboxylic acids is 2. The second kappa shape index (κ2) is 5.52. The number of ketones is 1. The van der Waals surface area contributed by atoms with E-state index >= 15 is 0 Å². The number of amides is 1. The summed E-state index contributed by atoms with van der Waals surface area (Å²) in [5.41, 5.74) is 3.58. The number of anilines is 1. The molecule has 3 rings (SSSR count). The van der Waals surface area contributed by atoms with Gasteiger partial charge < -0.3 is 4.90 Å². The predicted molar refractivity (Wildman–Crippen MR) is 82.6 cm³/mol. The Labute approximate surface area is 124 Å². The van der Waals surface area contributed by atoms with Crippen molar-refractivity contribution in [1.82, 2.24) is 0 Å². The zero-order valence-corrected chi connectivity index (χ0v) is 12.0. The maximum Gasteiger partial charge on any atom is 0.231 e. The second-order valence-corrected chi connectivity index (χ2v) is 5.40. The van der Waals surface area contributed by atoms with Crippen LogP contribution in [0.15, 0.2) is 48.5 Å². The second-order valence-electron chi connectivity index (χ2n) is 5.40. The molecule has 0 fully saturated rings. The highest BCUT2D eigenvalue weighted by molar-refractivity contribution is 6.09. The van der Waals surface area contributed by atoms with Crippen molar-refractivity contribution in [2.45, 2.75) is 19.8 Å². The van der Waals surface area contributed by atoms with Crippen molar-refractivity contribution < 1.29 is 9.59 Å². The maximum atomic E-state index is 12.5. The first-order valence-electron chi connectivity index (χ1n) is 7.13. The highest BCUT2D eigenvalue weighted by Crippen LogP contribution is 2.27. The van der Waals surface area contributed by atoms with Crippen LogP contribution < -0.4 is 4.90 Å². The molecule has 3 heteroatoms. The van der Waals surface area contributed by atoms with Gasteiger partial charge >= 0.3 is 0 Å². The van der Waals surface area contributed by atoms with Gasteiger partial charge in [-0.15, -0.1) is 0 Å². The summed E-state index contributed by atoms with van der Waals surface area (Å²) in [4.78, 5) is 26.2. The average Bonchev–Trinajstić information content (AvgIpc) is 2.50. The lowest BCUT2D eigenvalue weighted by molar-refractivity contribution is -0.118. The molecule has 1 aliphatic rings. The third-order valence-electron chi connectivity index (χ3n) is 3.83. The van der Waals surface area contributed by atoms with Crippen molar-refractivity contribution in [3.05, 3.63) is 65.2 Å². The molecule has 21 heavy (non-hydrogen) atoms. The first-order valence-corrected chi connectivity index (χ1v) is 7.13. The summed E-state index contributed by atoms with van der Waals surface area (Å²) in [6.45, 7) is 2.50. The molecule has 0 atom stereocenters. The number of carbonyl (C=O) groups is 2. The van der Waals surface area contributed by atoms with Crippen molar-refractivity contribution >= 4 is 17.4 Å². The fourth-order valence-electron chi connectivity index (χ4n) is 2.65. The number of aryl methyl sites for hydroxylation is 1. The number of rotatable bonds is 2. The first-order chi connectivity index (χ1) is 10.1. The number of hydrogen-bond donors (Lipinski definition) is 0. The van der Waals surface area contributed by atoms with Gasteiger partial charge in [-0.25, -0.2) is 0 Å². The Morgan fingerprint density at radius 3 is 2.57 bits per heavy atom. The molecule has 0 aliphatic carbocycles. The quantitative estimate of drug-likeness (QED) is 0.846. The van der Waals surface area contributed by atoms with E-state index in [1.54, 1.807) is 11.0 Å². The molecule has 0 spiro atoms. The minimum absolute atomic E-state index is 0.0406. The van der Waals surface area contributed by atoms with Gasteiger partial charge in [-0.1, -0.05) is 42.0 Å². The van der Waals surface area contributed by atoms with Gasteiger partial charge in [0.2, 0.25) is 5.91 Å². The molecule has 0 radical (unpaired) electrons. The van der Waals surface area contributed by atoms with Gasteiger partial charge in [0.05, 0.1) is 12.1 Å². The number of Topliss-reactive ketones (excluding diaryl/α,β-unsaturated/α-hetero) is 1. The number of nitrogens with zero attached hydrogens (tertiary/aromatic N) is 1. The molecule has 1 aliphatic heterocycles. The Morgan fingerprint density at radius 1 is 1.10 bits per heavy atom. The van der Waals surface area contributed by atoms with E-state index in [4.69, 9.17) is 0 Å². The Kier molecular flexibility index (Phi) is 3.57. The molecular weight excluding hydrogens is 262 g/mol. The van der Waals surface area contributed by atoms with E-state index in [0.717, 1.165) is 11.3 Å². The monoisotopic (exact) mass is 279 g/mol. The molecule has 1 amide bonds. The van der Waals surface area contributed by atoms with Crippen LogP contribution >= 0.6 is 0 Å². The minimum Gasteiger partial charge on any atom is -0.311 e. The molecule has 1 heterocycles. The molecule has 106 valence electrons. The third kappa shape index (κ3) is 2.72. The molecule has 0 bridgehead atoms. The number of fused-ring (bicyclic) bond motifs is 1. The Morgan fingerprint density at radius 2 is 1.81 bits per heavy atom. The molecule has 0 unspecified atom stereocenters. The molecule has 0 aromatic heterocycles. The van der Waals surface area contributed by atoms with Crippen LogP contribution in [0, 0.1) is 6.92 Å². The van der Waals surface area contributed by atoms with Crippen LogP contribution in [0.5, 0.6) is 0 Å². The summed E-state index contributed by atoms with van der Waals surface area (Å²) >= 11 is 0. The predicted octanol–water partition coefficient (Wildman–Crippen LogP) is 3.16. The molecule has 0 saturated heterocycles. The molecule has 0 N–H and O–H groups in total. The van der Waals surface area contributed by atoms with Crippen molar-refractivity contribution in [3.8, 4) is 0 Å². The van der Waals surface area contributed by atoms with Crippen LogP contribution in [0.25, 0.3) is 0 Å². The number of hydrogen-bond acceptors (Lipinski definition) is 2. The zero-order valence-electron chi connectivity index (χ0n) is 12.0. The Hall–Kier alpha value is -2.42. The Balaban J connectivity index is 1.84. The van der Waals surface area contributed by atoms with Gasteiger partial charge in [-0.2, -0.15) is 0 Å². The van der Waals surface area contributed by atoms with E-state index < -0.39 is 0 Å². The topological polar surface area (TPSA) is 37.4 Å². The standard InChI is InChI=1S/C18H17NO2/c1-13-6-8-14(9-7-13)12-18(21)19-11-10-17(20)15-4-2-3-5-16(15)19/h2-9H,10-12H2,1H3. The minimum atomic E-state index is 0.0406. The van der Waals surface area contributed by atoms with E-state index in [-0.39, 0.29) is 11.7 Å². The molecular formula is C18H17NO2. The highest BCUT2D eigenvalue weighted by Gasteiger charge is 2.26. The third-order valence-corrected chi connectivity index (χ3v) is 3.83. The summed E-state index contributed by atoms with van der Waals surface area (Å²) in [6.07, 6.45) is 0.763. The van der Waals surface area contributed by atoms with Crippen LogP contribution in [-0.2, 0) is 11.2 Å². The lowest BCUT2D eigenvalue weighted by Gasteiger charge is -2.28. The molecule has 2 aromatic rings.